The second kappa shape index (κ2) is 11.6. The third-order valence-corrected chi connectivity index (χ3v) is 5.43. The number of nitrogens with zero attached hydrogens (tertiary/aromatic N) is 3. The van der Waals surface area contributed by atoms with Gasteiger partial charge in [-0.25, -0.2) is 4.98 Å². The highest BCUT2D eigenvalue weighted by molar-refractivity contribution is 14.0. The highest BCUT2D eigenvalue weighted by Gasteiger charge is 2.11. The number of hydrogen-bond acceptors (Lipinski definition) is 5. The third kappa shape index (κ3) is 6.59. The first-order valence-electron chi connectivity index (χ1n) is 9.46. The number of hydrogen-bond donors (Lipinski definition) is 2. The van der Waals surface area contributed by atoms with Gasteiger partial charge in [0.2, 0.25) is 0 Å². The van der Waals surface area contributed by atoms with Crippen molar-refractivity contribution in [3.8, 4) is 0 Å². The van der Waals surface area contributed by atoms with Crippen molar-refractivity contribution in [3.05, 3.63) is 45.9 Å². The van der Waals surface area contributed by atoms with Crippen molar-refractivity contribution >= 4 is 47.0 Å². The van der Waals surface area contributed by atoms with Crippen LogP contribution in [0.3, 0.4) is 0 Å². The first kappa shape index (κ1) is 22.9. The van der Waals surface area contributed by atoms with Crippen LogP contribution in [0.25, 0.3) is 0 Å². The molecule has 0 spiro atoms. The van der Waals surface area contributed by atoms with Crippen LogP contribution >= 0.6 is 35.3 Å². The molecule has 0 atom stereocenters. The molecule has 1 aliphatic heterocycles. The quantitative estimate of drug-likeness (QED) is 0.350. The molecule has 1 fully saturated rings. The maximum atomic E-state index is 5.41. The Hall–Kier alpha value is -1.39. The maximum absolute atomic E-state index is 5.41. The molecule has 1 aliphatic rings. The van der Waals surface area contributed by atoms with Gasteiger partial charge in [-0.1, -0.05) is 26.0 Å². The van der Waals surface area contributed by atoms with Gasteiger partial charge in [0.05, 0.1) is 25.5 Å². The fraction of sp³-hybridized carbons (Fsp3) is 0.500. The highest BCUT2D eigenvalue weighted by Crippen LogP contribution is 2.18. The van der Waals surface area contributed by atoms with Crippen LogP contribution in [0.4, 0.5) is 5.69 Å². The number of rotatable bonds is 6. The van der Waals surface area contributed by atoms with Gasteiger partial charge in [-0.15, -0.1) is 35.3 Å². The van der Waals surface area contributed by atoms with Crippen molar-refractivity contribution in [1.82, 2.24) is 15.6 Å². The Kier molecular flexibility index (Phi) is 9.46. The number of nitrogens with one attached hydrogen (secondary N) is 2. The van der Waals surface area contributed by atoms with E-state index in [1.807, 2.05) is 0 Å². The minimum absolute atomic E-state index is 0. The summed E-state index contributed by atoms with van der Waals surface area (Å²) in [6, 6.07) is 8.70. The molecule has 28 heavy (non-hydrogen) atoms. The van der Waals surface area contributed by atoms with Crippen LogP contribution in [0.2, 0.25) is 0 Å². The molecule has 3 rings (SSSR count). The standard InChI is InChI=1S/C20H29N5OS.HI/c1-15(2)18-14-27-19(24-18)13-23-20(21-3)22-12-16-4-6-17(7-5-16)25-8-10-26-11-9-25;/h4-7,14-15H,8-13H2,1-3H3,(H2,21,22,23);1H. The lowest BCUT2D eigenvalue weighted by molar-refractivity contribution is 0.122. The van der Waals surface area contributed by atoms with E-state index in [1.54, 1.807) is 18.4 Å². The Labute approximate surface area is 188 Å². The maximum Gasteiger partial charge on any atom is 0.191 e. The van der Waals surface area contributed by atoms with Gasteiger partial charge in [0.25, 0.3) is 0 Å². The minimum atomic E-state index is 0. The van der Waals surface area contributed by atoms with Gasteiger partial charge >= 0.3 is 0 Å². The molecule has 0 saturated carbocycles. The number of anilines is 1. The average Bonchev–Trinajstić information content (AvgIpc) is 3.19. The van der Waals surface area contributed by atoms with Crippen LogP contribution in [0.1, 0.15) is 36.0 Å². The number of aliphatic imine (C=N–C) groups is 1. The van der Waals surface area contributed by atoms with Gasteiger partial charge < -0.3 is 20.3 Å². The van der Waals surface area contributed by atoms with E-state index in [4.69, 9.17) is 4.74 Å². The number of guanidine groups is 1. The lowest BCUT2D eigenvalue weighted by Gasteiger charge is -2.28. The Bertz CT molecular complexity index is 741. The minimum Gasteiger partial charge on any atom is -0.378 e. The summed E-state index contributed by atoms with van der Waals surface area (Å²) in [6.07, 6.45) is 0. The second-order valence-corrected chi connectivity index (χ2v) is 7.81. The van der Waals surface area contributed by atoms with Crippen LogP contribution in [-0.4, -0.2) is 44.3 Å². The molecule has 1 aromatic carbocycles. The zero-order chi connectivity index (χ0) is 19.1. The monoisotopic (exact) mass is 515 g/mol. The van der Waals surface area contributed by atoms with Gasteiger partial charge in [0, 0.05) is 37.7 Å². The first-order valence-corrected chi connectivity index (χ1v) is 10.3. The van der Waals surface area contributed by atoms with Crippen LogP contribution < -0.4 is 15.5 Å². The number of morpholine rings is 1. The van der Waals surface area contributed by atoms with E-state index in [0.29, 0.717) is 12.5 Å². The van der Waals surface area contributed by atoms with Crippen molar-refractivity contribution in [2.45, 2.75) is 32.9 Å². The van der Waals surface area contributed by atoms with Gasteiger partial charge in [-0.2, -0.15) is 0 Å². The van der Waals surface area contributed by atoms with Gasteiger partial charge in [0.15, 0.2) is 5.96 Å². The van der Waals surface area contributed by atoms with Crippen molar-refractivity contribution < 1.29 is 4.74 Å². The fourth-order valence-electron chi connectivity index (χ4n) is 2.88. The van der Waals surface area contributed by atoms with E-state index >= 15 is 0 Å². The molecule has 1 aromatic heterocycles. The molecule has 1 saturated heterocycles. The first-order chi connectivity index (χ1) is 13.2. The van der Waals surface area contributed by atoms with E-state index < -0.39 is 0 Å². The number of halogens is 1. The Balaban J connectivity index is 0.00000280. The van der Waals surface area contributed by atoms with Crippen molar-refractivity contribution in [2.24, 2.45) is 4.99 Å². The van der Waals surface area contributed by atoms with E-state index in [1.165, 1.54) is 11.3 Å². The molecular weight excluding hydrogens is 485 g/mol. The Morgan fingerprint density at radius 1 is 1.18 bits per heavy atom. The van der Waals surface area contributed by atoms with Crippen LogP contribution in [0.15, 0.2) is 34.6 Å². The molecule has 8 heteroatoms. The molecule has 0 amide bonds. The largest absolute Gasteiger partial charge is 0.378 e. The summed E-state index contributed by atoms with van der Waals surface area (Å²) in [5.74, 6) is 1.25. The molecule has 0 aliphatic carbocycles. The highest BCUT2D eigenvalue weighted by atomic mass is 127. The van der Waals surface area contributed by atoms with E-state index in [0.717, 1.165) is 49.5 Å². The smallest absolute Gasteiger partial charge is 0.191 e. The summed E-state index contributed by atoms with van der Waals surface area (Å²) < 4.78 is 5.41. The van der Waals surface area contributed by atoms with Crippen molar-refractivity contribution in [2.75, 3.05) is 38.3 Å². The van der Waals surface area contributed by atoms with Crippen LogP contribution in [0.5, 0.6) is 0 Å². The molecule has 2 heterocycles. The van der Waals surface area contributed by atoms with Gasteiger partial charge in [-0.05, 0) is 23.6 Å². The van der Waals surface area contributed by atoms with E-state index in [2.05, 4.69) is 69.0 Å². The summed E-state index contributed by atoms with van der Waals surface area (Å²) in [6.45, 7) is 9.29. The average molecular weight is 515 g/mol. The van der Waals surface area contributed by atoms with Gasteiger partial charge in [-0.3, -0.25) is 4.99 Å². The predicted molar refractivity (Wildman–Crippen MR) is 128 cm³/mol. The molecule has 154 valence electrons. The molecule has 2 N–H and O–H groups in total. The van der Waals surface area contributed by atoms with Crippen molar-refractivity contribution in [1.29, 1.82) is 0 Å². The number of benzene rings is 1. The zero-order valence-electron chi connectivity index (χ0n) is 16.8. The molecule has 6 nitrogen and oxygen atoms in total. The van der Waals surface area contributed by atoms with Crippen LogP contribution in [0, 0.1) is 0 Å². The lowest BCUT2D eigenvalue weighted by Crippen LogP contribution is -2.36. The summed E-state index contributed by atoms with van der Waals surface area (Å²) in [5, 5.41) is 9.92. The Morgan fingerprint density at radius 3 is 2.46 bits per heavy atom. The summed E-state index contributed by atoms with van der Waals surface area (Å²) in [7, 11) is 1.79. The van der Waals surface area contributed by atoms with Gasteiger partial charge in [0.1, 0.15) is 5.01 Å². The lowest BCUT2D eigenvalue weighted by atomic mass is 10.2. The summed E-state index contributed by atoms with van der Waals surface area (Å²) in [4.78, 5) is 11.3. The second-order valence-electron chi connectivity index (χ2n) is 6.87. The molecule has 0 radical (unpaired) electrons. The SMILES string of the molecule is CN=C(NCc1ccc(N2CCOCC2)cc1)NCc1nc(C(C)C)cs1.I. The van der Waals surface area contributed by atoms with Crippen molar-refractivity contribution in [3.63, 3.8) is 0 Å². The zero-order valence-corrected chi connectivity index (χ0v) is 19.9. The summed E-state index contributed by atoms with van der Waals surface area (Å²) >= 11 is 1.69. The van der Waals surface area contributed by atoms with E-state index in [-0.39, 0.29) is 24.0 Å². The topological polar surface area (TPSA) is 61.8 Å². The fourth-order valence-corrected chi connectivity index (χ4v) is 3.78. The van der Waals surface area contributed by atoms with E-state index in [9.17, 15) is 0 Å². The third-order valence-electron chi connectivity index (χ3n) is 4.56. The molecular formula is C20H30IN5OS. The normalized spacial score (nSPS) is 14.7. The number of thiazole rings is 1. The number of aromatic nitrogens is 1. The Morgan fingerprint density at radius 2 is 1.86 bits per heavy atom. The predicted octanol–water partition coefficient (Wildman–Crippen LogP) is 3.59. The molecule has 2 aromatic rings. The molecule has 0 bridgehead atoms. The molecule has 0 unspecified atom stereocenters. The van der Waals surface area contributed by atoms with Crippen LogP contribution in [-0.2, 0) is 17.8 Å². The summed E-state index contributed by atoms with van der Waals surface area (Å²) in [5.41, 5.74) is 3.64. The number of ether oxygens (including phenoxy) is 1.